The summed E-state index contributed by atoms with van der Waals surface area (Å²) < 4.78 is 34.9. The van der Waals surface area contributed by atoms with E-state index in [1.807, 2.05) is 76.4 Å². The molecule has 1 aliphatic heterocycles. The normalized spacial score (nSPS) is 14.9. The second kappa shape index (κ2) is 19.5. The largest absolute Gasteiger partial charge is 0.443 e. The van der Waals surface area contributed by atoms with Crippen LogP contribution in [0.4, 0.5) is 15.3 Å². The Morgan fingerprint density at radius 3 is 2.23 bits per heavy atom. The van der Waals surface area contributed by atoms with Crippen molar-refractivity contribution in [3.05, 3.63) is 112 Å². The molecule has 4 aromatic rings. The number of hydroxylamine groups is 1. The minimum Gasteiger partial charge on any atom is -0.443 e. The number of carbonyl (C=O) groups excluding carboxylic acids is 3. The van der Waals surface area contributed by atoms with E-state index in [1.54, 1.807) is 34.1 Å². The Labute approximate surface area is 338 Å². The number of nitrogens with one attached hydrogen (secondary N) is 1. The summed E-state index contributed by atoms with van der Waals surface area (Å²) in [6, 6.07) is 21.3. The number of hydrogen-bond donors (Lipinski definition) is 3. The fourth-order valence-electron chi connectivity index (χ4n) is 6.73. The van der Waals surface area contributed by atoms with Gasteiger partial charge in [-0.3, -0.25) is 10.0 Å². The van der Waals surface area contributed by atoms with Crippen molar-refractivity contribution in [2.45, 2.75) is 77.3 Å². The molecule has 2 heterocycles. The third-order valence-corrected chi connectivity index (χ3v) is 12.2. The molecule has 0 radical (unpaired) electrons. The van der Waals surface area contributed by atoms with Gasteiger partial charge in [0, 0.05) is 31.6 Å². The van der Waals surface area contributed by atoms with Crippen LogP contribution in [0.25, 0.3) is 0 Å². The number of benzene rings is 3. The Balaban J connectivity index is 1.35. The molecule has 14 nitrogen and oxygen atoms in total. The van der Waals surface area contributed by atoms with Gasteiger partial charge in [0.15, 0.2) is 0 Å². The predicted molar refractivity (Wildman–Crippen MR) is 217 cm³/mol. The van der Waals surface area contributed by atoms with Crippen LogP contribution in [0.5, 0.6) is 0 Å². The first-order valence-corrected chi connectivity index (χ1v) is 21.2. The van der Waals surface area contributed by atoms with Gasteiger partial charge in [-0.2, -0.15) is 9.37 Å². The van der Waals surface area contributed by atoms with E-state index in [1.165, 1.54) is 29.5 Å². The lowest BCUT2D eigenvalue weighted by Crippen LogP contribution is -2.57. The van der Waals surface area contributed by atoms with Gasteiger partial charge in [0.05, 0.1) is 40.0 Å². The molecule has 0 saturated carbocycles. The first kappa shape index (κ1) is 43.3. The predicted octanol–water partition coefficient (Wildman–Crippen LogP) is 5.68. The number of rotatable bonds is 18. The van der Waals surface area contributed by atoms with Gasteiger partial charge in [0.2, 0.25) is 15.9 Å². The van der Waals surface area contributed by atoms with Crippen LogP contribution in [0.1, 0.15) is 49.5 Å². The maximum Gasteiger partial charge on any atom is 0.438 e. The van der Waals surface area contributed by atoms with E-state index in [0.29, 0.717) is 25.2 Å². The molecule has 3 aromatic carbocycles. The zero-order chi connectivity index (χ0) is 41.3. The van der Waals surface area contributed by atoms with Crippen LogP contribution >= 0.6 is 11.3 Å². The average Bonchev–Trinajstić information content (AvgIpc) is 3.76. The smallest absolute Gasteiger partial charge is 0.438 e. The summed E-state index contributed by atoms with van der Waals surface area (Å²) in [4.78, 5) is 48.0. The quantitative estimate of drug-likeness (QED) is 0.0844. The van der Waals surface area contributed by atoms with Crippen molar-refractivity contribution in [3.63, 3.8) is 0 Å². The zero-order valence-corrected chi connectivity index (χ0v) is 34.5. The van der Waals surface area contributed by atoms with Gasteiger partial charge in [-0.15, -0.1) is 11.3 Å². The number of nitrogens with zero attached hydrogens (tertiary/aromatic N) is 5. The van der Waals surface area contributed by atoms with Crippen LogP contribution in [0.15, 0.2) is 95.2 Å². The monoisotopic (exact) mass is 820 g/mol. The van der Waals surface area contributed by atoms with Gasteiger partial charge < -0.3 is 25.0 Å². The van der Waals surface area contributed by atoms with Gasteiger partial charge in [-0.05, 0) is 54.5 Å². The van der Waals surface area contributed by atoms with Crippen molar-refractivity contribution >= 4 is 45.1 Å². The van der Waals surface area contributed by atoms with Crippen LogP contribution in [-0.4, -0.2) is 100 Å². The first-order chi connectivity index (χ1) is 27.1. The number of aliphatic hydroxyl groups is 1. The van der Waals surface area contributed by atoms with Gasteiger partial charge in [0.25, 0.3) is 0 Å². The van der Waals surface area contributed by atoms with E-state index in [-0.39, 0.29) is 59.6 Å². The second-order valence-corrected chi connectivity index (χ2v) is 17.9. The van der Waals surface area contributed by atoms with Crippen molar-refractivity contribution in [2.24, 2.45) is 11.8 Å². The molecule has 3 N–H and O–H groups in total. The lowest BCUT2D eigenvalue weighted by atomic mass is 9.97. The number of sulfonamides is 1. The van der Waals surface area contributed by atoms with Gasteiger partial charge in [-0.25, -0.2) is 23.0 Å². The lowest BCUT2D eigenvalue weighted by molar-refractivity contribution is -0.128. The van der Waals surface area contributed by atoms with Crippen molar-refractivity contribution in [3.8, 4) is 0 Å². The Morgan fingerprint density at radius 2 is 1.61 bits per heavy atom. The van der Waals surface area contributed by atoms with E-state index in [0.717, 1.165) is 26.6 Å². The SMILES string of the molecule is Cc1nc(CN2CCN([C@H](C(=O)N[C@@H](Cc3ccccc3)[C@H](O)CN(CC(C)C)S(=O)(=O)c3cccc(N(O)C(=O)OCc4ccccc4)c3)C(C)C)C2=O)cs1. The van der Waals surface area contributed by atoms with E-state index in [9.17, 15) is 33.1 Å². The summed E-state index contributed by atoms with van der Waals surface area (Å²) in [6.07, 6.45) is -2.31. The fourth-order valence-corrected chi connectivity index (χ4v) is 9.00. The summed E-state index contributed by atoms with van der Waals surface area (Å²) in [5.74, 6) is -0.906. The molecule has 5 rings (SSSR count). The van der Waals surface area contributed by atoms with Crippen LogP contribution in [0, 0.1) is 18.8 Å². The molecule has 16 heteroatoms. The highest BCUT2D eigenvalue weighted by Gasteiger charge is 2.41. The Hall–Kier alpha value is -4.87. The maximum atomic E-state index is 14.3. The summed E-state index contributed by atoms with van der Waals surface area (Å²) in [6.45, 7) is 9.91. The molecule has 0 unspecified atom stereocenters. The number of carbonyl (C=O) groups is 3. The molecule has 4 amide bonds. The highest BCUT2D eigenvalue weighted by atomic mass is 32.2. The number of urea groups is 1. The van der Waals surface area contributed by atoms with Crippen molar-refractivity contribution in [1.29, 1.82) is 0 Å². The number of thiazole rings is 1. The first-order valence-electron chi connectivity index (χ1n) is 18.9. The molecule has 1 fully saturated rings. The molecular weight excluding hydrogens is 769 g/mol. The number of aryl methyl sites for hydroxylation is 1. The molecule has 57 heavy (non-hydrogen) atoms. The van der Waals surface area contributed by atoms with Crippen LogP contribution in [0.3, 0.4) is 0 Å². The van der Waals surface area contributed by atoms with Gasteiger partial charge in [-0.1, -0.05) is 94.4 Å². The Bertz CT molecular complexity index is 2070. The van der Waals surface area contributed by atoms with Crippen LogP contribution in [0.2, 0.25) is 0 Å². The number of anilines is 1. The number of aliphatic hydroxyl groups excluding tert-OH is 1. The summed E-state index contributed by atoms with van der Waals surface area (Å²) in [5, 5.41) is 28.6. The Morgan fingerprint density at radius 1 is 0.947 bits per heavy atom. The molecule has 0 bridgehead atoms. The minimum atomic E-state index is -4.34. The molecule has 1 aromatic heterocycles. The minimum absolute atomic E-state index is 0.0167. The van der Waals surface area contributed by atoms with Crippen molar-refractivity contribution in [2.75, 3.05) is 31.2 Å². The number of amides is 4. The molecule has 306 valence electrons. The summed E-state index contributed by atoms with van der Waals surface area (Å²) >= 11 is 1.51. The molecular formula is C41H52N6O8S2. The van der Waals surface area contributed by atoms with E-state index < -0.39 is 40.2 Å². The van der Waals surface area contributed by atoms with Crippen molar-refractivity contribution in [1.82, 2.24) is 24.4 Å². The fraction of sp³-hybridized carbons (Fsp3) is 0.415. The summed E-state index contributed by atoms with van der Waals surface area (Å²) in [7, 11) is -4.34. The molecule has 1 aliphatic rings. The Kier molecular flexibility index (Phi) is 14.8. The number of ether oxygens (including phenoxy) is 1. The zero-order valence-electron chi connectivity index (χ0n) is 32.9. The molecule has 3 atom stereocenters. The molecule has 0 spiro atoms. The average molecular weight is 821 g/mol. The van der Waals surface area contributed by atoms with Crippen LogP contribution < -0.4 is 10.4 Å². The summed E-state index contributed by atoms with van der Waals surface area (Å²) in [5.41, 5.74) is 2.16. The topological polar surface area (TPSA) is 173 Å². The van der Waals surface area contributed by atoms with E-state index in [4.69, 9.17) is 4.74 Å². The second-order valence-electron chi connectivity index (χ2n) is 14.9. The van der Waals surface area contributed by atoms with Crippen LogP contribution in [-0.2, 0) is 39.1 Å². The van der Waals surface area contributed by atoms with E-state index in [2.05, 4.69) is 10.3 Å². The maximum absolute atomic E-state index is 14.3. The highest BCUT2D eigenvalue weighted by Crippen LogP contribution is 2.25. The third-order valence-electron chi connectivity index (χ3n) is 9.51. The number of hydrogen-bond acceptors (Lipinski definition) is 10. The molecule has 0 aliphatic carbocycles. The van der Waals surface area contributed by atoms with E-state index >= 15 is 0 Å². The molecule has 1 saturated heterocycles. The van der Waals surface area contributed by atoms with Crippen molar-refractivity contribution < 1.29 is 37.9 Å². The van der Waals surface area contributed by atoms with Gasteiger partial charge >= 0.3 is 12.1 Å². The third kappa shape index (κ3) is 11.4. The lowest BCUT2D eigenvalue weighted by Gasteiger charge is -2.34. The number of aromatic nitrogens is 1. The standard InChI is InChI=1S/C41H52N6O8S2/c1-28(2)23-45(57(53,54)35-18-12-17-34(22-35)47(52)41(51)55-26-32-15-10-7-11-16-32)25-37(48)36(21-31-13-8-6-9-14-31)43-39(49)38(29(3)4)46-20-19-44(40(46)50)24-33-27-56-30(5)42-33/h6-18,22,27-29,36-38,48,52H,19-21,23-26H2,1-5H3,(H,43,49)/t36-,37+,38-/m0/s1. The van der Waals surface area contributed by atoms with Gasteiger partial charge in [0.1, 0.15) is 12.6 Å². The highest BCUT2D eigenvalue weighted by molar-refractivity contribution is 7.89.